The van der Waals surface area contributed by atoms with Crippen LogP contribution in [-0.4, -0.2) is 60.6 Å². The van der Waals surface area contributed by atoms with Crippen molar-refractivity contribution >= 4 is 0 Å². The van der Waals surface area contributed by atoms with Crippen LogP contribution in [0.25, 0.3) is 0 Å². The van der Waals surface area contributed by atoms with Gasteiger partial charge >= 0.3 is 0 Å². The summed E-state index contributed by atoms with van der Waals surface area (Å²) in [6.45, 7) is 11.3. The highest BCUT2D eigenvalue weighted by Gasteiger charge is 2.42. The van der Waals surface area contributed by atoms with Crippen LogP contribution in [0.15, 0.2) is 0 Å². The molecule has 3 aliphatic rings. The van der Waals surface area contributed by atoms with Crippen molar-refractivity contribution in [2.45, 2.75) is 77.0 Å². The summed E-state index contributed by atoms with van der Waals surface area (Å²) in [7, 11) is 2.17. The summed E-state index contributed by atoms with van der Waals surface area (Å²) in [5, 5.41) is 3.65. The van der Waals surface area contributed by atoms with Crippen molar-refractivity contribution in [1.82, 2.24) is 15.1 Å². The minimum absolute atomic E-state index is 0.682. The van der Waals surface area contributed by atoms with Crippen molar-refractivity contribution in [3.05, 3.63) is 0 Å². The molecular formula is C18H35N3. The second-order valence-electron chi connectivity index (χ2n) is 8.13. The zero-order valence-corrected chi connectivity index (χ0v) is 14.5. The van der Waals surface area contributed by atoms with Crippen LogP contribution in [0.2, 0.25) is 0 Å². The quantitative estimate of drug-likeness (QED) is 0.844. The number of piperazine rings is 1. The maximum atomic E-state index is 3.65. The van der Waals surface area contributed by atoms with E-state index in [-0.39, 0.29) is 0 Å². The largest absolute Gasteiger partial charge is 0.315 e. The van der Waals surface area contributed by atoms with E-state index in [2.05, 4.69) is 42.9 Å². The van der Waals surface area contributed by atoms with Crippen molar-refractivity contribution in [2.24, 2.45) is 11.8 Å². The van der Waals surface area contributed by atoms with Gasteiger partial charge in [0.05, 0.1) is 0 Å². The van der Waals surface area contributed by atoms with Gasteiger partial charge in [-0.15, -0.1) is 0 Å². The zero-order valence-electron chi connectivity index (χ0n) is 14.5. The van der Waals surface area contributed by atoms with E-state index in [4.69, 9.17) is 0 Å². The molecule has 3 nitrogen and oxygen atoms in total. The van der Waals surface area contributed by atoms with Gasteiger partial charge < -0.3 is 5.32 Å². The summed E-state index contributed by atoms with van der Waals surface area (Å²) in [5.41, 5.74) is 0. The Labute approximate surface area is 131 Å². The molecular weight excluding hydrogens is 258 g/mol. The molecule has 1 N–H and O–H groups in total. The van der Waals surface area contributed by atoms with E-state index in [0.29, 0.717) is 6.04 Å². The van der Waals surface area contributed by atoms with Gasteiger partial charge in [-0.25, -0.2) is 0 Å². The van der Waals surface area contributed by atoms with E-state index in [1.165, 1.54) is 51.7 Å². The molecule has 0 spiro atoms. The average molecular weight is 293 g/mol. The van der Waals surface area contributed by atoms with Crippen molar-refractivity contribution < 1.29 is 0 Å². The first-order chi connectivity index (χ1) is 10.1. The molecule has 1 saturated carbocycles. The van der Waals surface area contributed by atoms with Crippen LogP contribution in [0.3, 0.4) is 0 Å². The van der Waals surface area contributed by atoms with Gasteiger partial charge in [0.15, 0.2) is 0 Å². The first-order valence-corrected chi connectivity index (χ1v) is 9.27. The van der Waals surface area contributed by atoms with Gasteiger partial charge in [0.2, 0.25) is 0 Å². The Kier molecular flexibility index (Phi) is 4.92. The molecule has 0 aromatic carbocycles. The number of nitrogens with one attached hydrogen (secondary N) is 1. The van der Waals surface area contributed by atoms with Gasteiger partial charge in [-0.2, -0.15) is 0 Å². The highest BCUT2D eigenvalue weighted by Crippen LogP contribution is 2.35. The maximum absolute atomic E-state index is 3.65. The van der Waals surface area contributed by atoms with Crippen molar-refractivity contribution in [1.29, 1.82) is 0 Å². The third-order valence-corrected chi connectivity index (χ3v) is 6.41. The molecule has 1 aliphatic carbocycles. The van der Waals surface area contributed by atoms with Crippen LogP contribution >= 0.6 is 0 Å². The monoisotopic (exact) mass is 293 g/mol. The Morgan fingerprint density at radius 1 is 1.00 bits per heavy atom. The predicted octanol–water partition coefficient (Wildman–Crippen LogP) is 2.57. The number of hydrogen-bond donors (Lipinski definition) is 1. The van der Waals surface area contributed by atoms with Gasteiger partial charge in [0, 0.05) is 37.3 Å². The molecule has 3 fully saturated rings. The van der Waals surface area contributed by atoms with E-state index in [0.717, 1.165) is 30.0 Å². The van der Waals surface area contributed by atoms with Crippen LogP contribution < -0.4 is 5.32 Å². The fourth-order valence-electron chi connectivity index (χ4n) is 5.48. The van der Waals surface area contributed by atoms with Crippen molar-refractivity contribution in [3.63, 3.8) is 0 Å². The molecule has 0 aromatic heterocycles. The number of fused-ring (bicyclic) bond motifs is 1. The van der Waals surface area contributed by atoms with E-state index in [1.54, 1.807) is 0 Å². The Bertz CT molecular complexity index is 345. The van der Waals surface area contributed by atoms with Crippen molar-refractivity contribution in [2.75, 3.05) is 26.7 Å². The van der Waals surface area contributed by atoms with E-state index in [1.807, 2.05) is 0 Å². The Morgan fingerprint density at radius 3 is 2.57 bits per heavy atom. The summed E-state index contributed by atoms with van der Waals surface area (Å²) in [4.78, 5) is 5.65. The second-order valence-corrected chi connectivity index (χ2v) is 8.13. The Morgan fingerprint density at radius 2 is 1.81 bits per heavy atom. The van der Waals surface area contributed by atoms with Gasteiger partial charge in [-0.1, -0.05) is 20.3 Å². The van der Waals surface area contributed by atoms with Crippen LogP contribution in [-0.2, 0) is 0 Å². The third-order valence-electron chi connectivity index (χ3n) is 6.41. The maximum Gasteiger partial charge on any atom is 0.0279 e. The van der Waals surface area contributed by atoms with Gasteiger partial charge in [0.25, 0.3) is 0 Å². The number of hydrogen-bond acceptors (Lipinski definition) is 3. The van der Waals surface area contributed by atoms with Crippen LogP contribution in [0, 0.1) is 11.8 Å². The molecule has 2 aliphatic heterocycles. The van der Waals surface area contributed by atoms with Gasteiger partial charge in [0.1, 0.15) is 0 Å². The molecule has 122 valence electrons. The SMILES string of the molecule is CNC1CC(C)CC(C)C1N1CC2CCCCN2CC1C. The topological polar surface area (TPSA) is 18.5 Å². The fraction of sp³-hybridized carbons (Fsp3) is 1.00. The smallest absolute Gasteiger partial charge is 0.0279 e. The molecule has 3 heteroatoms. The lowest BCUT2D eigenvalue weighted by atomic mass is 9.75. The predicted molar refractivity (Wildman–Crippen MR) is 89.6 cm³/mol. The highest BCUT2D eigenvalue weighted by atomic mass is 15.3. The summed E-state index contributed by atoms with van der Waals surface area (Å²) in [6, 6.07) is 2.97. The average Bonchev–Trinajstić information content (AvgIpc) is 2.46. The minimum Gasteiger partial charge on any atom is -0.315 e. The molecule has 6 unspecified atom stereocenters. The number of rotatable bonds is 2. The number of nitrogens with zero attached hydrogens (tertiary/aromatic N) is 2. The van der Waals surface area contributed by atoms with E-state index < -0.39 is 0 Å². The fourth-order valence-corrected chi connectivity index (χ4v) is 5.48. The highest BCUT2D eigenvalue weighted by molar-refractivity contribution is 4.99. The Hall–Kier alpha value is -0.120. The summed E-state index contributed by atoms with van der Waals surface area (Å²) in [6.07, 6.45) is 7.03. The molecule has 0 radical (unpaired) electrons. The van der Waals surface area contributed by atoms with Gasteiger partial charge in [-0.3, -0.25) is 9.80 Å². The molecule has 2 heterocycles. The molecule has 0 bridgehead atoms. The third kappa shape index (κ3) is 3.16. The normalized spacial score (nSPS) is 46.3. The summed E-state index contributed by atoms with van der Waals surface area (Å²) in [5.74, 6) is 1.70. The molecule has 0 amide bonds. The number of piperidine rings is 1. The lowest BCUT2D eigenvalue weighted by Gasteiger charge is -2.54. The first kappa shape index (κ1) is 15.8. The standard InChI is InChI=1S/C18H35N3/c1-13-9-14(2)18(17(10-13)19-4)21-12-16-7-5-6-8-20(16)11-15(21)3/h13-19H,5-12H2,1-4H3. The minimum atomic E-state index is 0.682. The lowest BCUT2D eigenvalue weighted by Crippen LogP contribution is -2.66. The number of likely N-dealkylation sites (N-methyl/N-ethyl adjacent to an activating group) is 1. The summed E-state index contributed by atoms with van der Waals surface area (Å²) >= 11 is 0. The Balaban J connectivity index is 1.74. The molecule has 2 saturated heterocycles. The van der Waals surface area contributed by atoms with Crippen molar-refractivity contribution in [3.8, 4) is 0 Å². The molecule has 3 rings (SSSR count). The lowest BCUT2D eigenvalue weighted by molar-refractivity contribution is -0.0433. The summed E-state index contributed by atoms with van der Waals surface area (Å²) < 4.78 is 0. The van der Waals surface area contributed by atoms with Crippen LogP contribution in [0.4, 0.5) is 0 Å². The molecule has 0 aromatic rings. The van der Waals surface area contributed by atoms with Crippen LogP contribution in [0.1, 0.15) is 52.9 Å². The molecule has 21 heavy (non-hydrogen) atoms. The van der Waals surface area contributed by atoms with Gasteiger partial charge in [-0.05, 0) is 58.0 Å². The van der Waals surface area contributed by atoms with E-state index in [9.17, 15) is 0 Å². The molecule has 6 atom stereocenters. The first-order valence-electron chi connectivity index (χ1n) is 9.27. The van der Waals surface area contributed by atoms with E-state index >= 15 is 0 Å². The van der Waals surface area contributed by atoms with Crippen LogP contribution in [0.5, 0.6) is 0 Å². The zero-order chi connectivity index (χ0) is 15.0. The second kappa shape index (κ2) is 6.55.